The van der Waals surface area contributed by atoms with Gasteiger partial charge in [0, 0.05) is 14.2 Å². The number of fused-ring (bicyclic) bond motifs is 5. The Morgan fingerprint density at radius 2 is 1.85 bits per heavy atom. The van der Waals surface area contributed by atoms with Gasteiger partial charge in [-0.1, -0.05) is 44.9 Å². The van der Waals surface area contributed by atoms with Crippen LogP contribution in [0.4, 0.5) is 0 Å². The van der Waals surface area contributed by atoms with Crippen molar-refractivity contribution >= 4 is 0 Å². The molecule has 2 nitrogen and oxygen atoms in total. The van der Waals surface area contributed by atoms with Gasteiger partial charge in [-0.15, -0.1) is 0 Å². The summed E-state index contributed by atoms with van der Waals surface area (Å²) in [5.74, 6) is 6.11. The van der Waals surface area contributed by atoms with Crippen LogP contribution >= 0.6 is 0 Å². The molecule has 0 aromatic heterocycles. The molecule has 0 bridgehead atoms. The first kappa shape index (κ1) is 24.1. The highest BCUT2D eigenvalue weighted by Gasteiger charge is 2.61. The average molecular weight is 455 g/mol. The summed E-state index contributed by atoms with van der Waals surface area (Å²) in [5.41, 5.74) is 4.19. The fourth-order valence-electron chi connectivity index (χ4n) is 10.4. The van der Waals surface area contributed by atoms with Gasteiger partial charge in [0.25, 0.3) is 0 Å². The Balaban J connectivity index is 1.38. The molecule has 4 saturated carbocycles. The number of hydrogen-bond donors (Lipinski definition) is 0. The van der Waals surface area contributed by atoms with E-state index >= 15 is 0 Å². The fraction of sp³-hybridized carbons (Fsp3) is 0.871. The van der Waals surface area contributed by atoms with E-state index in [4.69, 9.17) is 9.47 Å². The first-order valence-electron chi connectivity index (χ1n) is 14.2. The fourth-order valence-corrected chi connectivity index (χ4v) is 10.4. The Morgan fingerprint density at radius 3 is 2.58 bits per heavy atom. The Labute approximate surface area is 204 Å². The largest absolute Gasteiger partial charge is 0.384 e. The highest BCUT2D eigenvalue weighted by molar-refractivity contribution is 5.33. The number of hydrogen-bond acceptors (Lipinski definition) is 2. The second-order valence-electron chi connectivity index (χ2n) is 13.3. The Bertz CT molecular complexity index is 782. The Morgan fingerprint density at radius 1 is 1.03 bits per heavy atom. The van der Waals surface area contributed by atoms with Crippen molar-refractivity contribution in [3.63, 3.8) is 0 Å². The topological polar surface area (TPSA) is 18.5 Å². The van der Waals surface area contributed by atoms with Gasteiger partial charge in [0.05, 0.1) is 12.7 Å². The second kappa shape index (κ2) is 9.12. The van der Waals surface area contributed by atoms with E-state index in [0.717, 1.165) is 48.5 Å². The van der Waals surface area contributed by atoms with E-state index in [0.29, 0.717) is 16.7 Å². The summed E-state index contributed by atoms with van der Waals surface area (Å²) in [6, 6.07) is 0. The second-order valence-corrected chi connectivity index (χ2v) is 13.3. The van der Waals surface area contributed by atoms with E-state index in [1.807, 2.05) is 14.2 Å². The van der Waals surface area contributed by atoms with E-state index in [-0.39, 0.29) is 6.10 Å². The van der Waals surface area contributed by atoms with Gasteiger partial charge < -0.3 is 9.47 Å². The van der Waals surface area contributed by atoms with Gasteiger partial charge in [0.2, 0.25) is 0 Å². The summed E-state index contributed by atoms with van der Waals surface area (Å²) in [7, 11) is 3.81. The quantitative estimate of drug-likeness (QED) is 0.421. The molecule has 5 aliphatic rings. The third-order valence-electron chi connectivity index (χ3n) is 12.0. The summed E-state index contributed by atoms with van der Waals surface area (Å²) >= 11 is 0. The van der Waals surface area contributed by atoms with Crippen molar-refractivity contribution in [3.8, 4) is 0 Å². The molecule has 10 atom stereocenters. The molecule has 8 unspecified atom stereocenters. The minimum atomic E-state index is 0.272. The van der Waals surface area contributed by atoms with Gasteiger partial charge >= 0.3 is 0 Å². The van der Waals surface area contributed by atoms with Crippen LogP contribution in [0, 0.1) is 52.3 Å². The highest BCUT2D eigenvalue weighted by Crippen LogP contribution is 2.69. The standard InChI is InChI=1S/C31H50O2/c1-20-13-16-31(19-32-5)23(17-20)7-9-26-28-12-11-27(30(28,4)15-14-29(26)31)22(3)25-10-8-24(33-6)18-21(25)2/h8,10,20,22-24,26-29H,7,9,11-19H2,1-6H3/t20-,22?,23?,24?,26-,27?,28?,29?,30?,31?/m0/s1. The zero-order valence-corrected chi connectivity index (χ0v) is 22.4. The highest BCUT2D eigenvalue weighted by atomic mass is 16.5. The molecule has 0 aliphatic heterocycles. The van der Waals surface area contributed by atoms with E-state index in [1.165, 1.54) is 57.8 Å². The van der Waals surface area contributed by atoms with Gasteiger partial charge in [-0.05, 0) is 123 Å². The van der Waals surface area contributed by atoms with Crippen LogP contribution in [0.1, 0.15) is 91.9 Å². The molecule has 4 fully saturated rings. The van der Waals surface area contributed by atoms with E-state index < -0.39 is 0 Å². The summed E-state index contributed by atoms with van der Waals surface area (Å²) in [6.07, 6.45) is 19.1. The lowest BCUT2D eigenvalue weighted by Gasteiger charge is -2.62. The van der Waals surface area contributed by atoms with Crippen LogP contribution in [0.25, 0.3) is 0 Å². The van der Waals surface area contributed by atoms with Crippen LogP contribution < -0.4 is 0 Å². The molecule has 0 aromatic carbocycles. The lowest BCUT2D eigenvalue weighted by atomic mass is 9.43. The van der Waals surface area contributed by atoms with Crippen LogP contribution in [-0.2, 0) is 9.47 Å². The summed E-state index contributed by atoms with van der Waals surface area (Å²) in [5, 5.41) is 0. The van der Waals surface area contributed by atoms with Crippen LogP contribution in [0.5, 0.6) is 0 Å². The summed E-state index contributed by atoms with van der Waals surface area (Å²) in [4.78, 5) is 0. The van der Waals surface area contributed by atoms with Crippen LogP contribution in [0.2, 0.25) is 0 Å². The third kappa shape index (κ3) is 3.81. The van der Waals surface area contributed by atoms with Crippen molar-refractivity contribution < 1.29 is 9.47 Å². The molecule has 2 heteroatoms. The number of rotatable bonds is 5. The minimum absolute atomic E-state index is 0.272. The normalized spacial score (nSPS) is 48.2. The maximum atomic E-state index is 6.01. The monoisotopic (exact) mass is 454 g/mol. The third-order valence-corrected chi connectivity index (χ3v) is 12.0. The molecule has 0 amide bonds. The van der Waals surface area contributed by atoms with Crippen molar-refractivity contribution in [1.82, 2.24) is 0 Å². The average Bonchev–Trinajstić information content (AvgIpc) is 3.16. The van der Waals surface area contributed by atoms with Gasteiger partial charge in [0.15, 0.2) is 0 Å². The lowest BCUT2D eigenvalue weighted by Crippen LogP contribution is -2.56. The number of methoxy groups -OCH3 is 2. The SMILES string of the molecule is COCC12CC[C@H](C)CC1CC[C@H]1C3CCC(C(C)C4=C(C)CC(OC)C=C4)C3(C)CCC12. The van der Waals surface area contributed by atoms with Crippen LogP contribution in [0.15, 0.2) is 23.3 Å². The summed E-state index contributed by atoms with van der Waals surface area (Å²) < 4.78 is 11.6. The minimum Gasteiger partial charge on any atom is -0.384 e. The molecule has 5 aliphatic carbocycles. The van der Waals surface area contributed by atoms with Crippen molar-refractivity contribution in [2.45, 2.75) is 98.0 Å². The molecule has 5 rings (SSSR count). The van der Waals surface area contributed by atoms with E-state index in [2.05, 4.69) is 39.8 Å². The molecule has 186 valence electrons. The van der Waals surface area contributed by atoms with Crippen LogP contribution in [-0.4, -0.2) is 26.9 Å². The predicted molar refractivity (Wildman–Crippen MR) is 137 cm³/mol. The van der Waals surface area contributed by atoms with Crippen molar-refractivity contribution in [2.24, 2.45) is 52.3 Å². The van der Waals surface area contributed by atoms with Crippen molar-refractivity contribution in [1.29, 1.82) is 0 Å². The summed E-state index contributed by atoms with van der Waals surface area (Å²) in [6.45, 7) is 11.1. The molecule has 0 aromatic rings. The molecule has 0 heterocycles. The lowest BCUT2D eigenvalue weighted by molar-refractivity contribution is -0.151. The Hall–Kier alpha value is -0.600. The molecule has 0 saturated heterocycles. The predicted octanol–water partition coefficient (Wildman–Crippen LogP) is 7.84. The maximum Gasteiger partial charge on any atom is 0.0792 e. The van der Waals surface area contributed by atoms with Gasteiger partial charge in [-0.25, -0.2) is 0 Å². The molecular weight excluding hydrogens is 404 g/mol. The maximum absolute atomic E-state index is 6.01. The van der Waals surface area contributed by atoms with E-state index in [1.54, 1.807) is 11.1 Å². The van der Waals surface area contributed by atoms with Gasteiger partial charge in [-0.3, -0.25) is 0 Å². The van der Waals surface area contributed by atoms with Gasteiger partial charge in [-0.2, -0.15) is 0 Å². The number of allylic oxidation sites excluding steroid dienone is 2. The molecule has 33 heavy (non-hydrogen) atoms. The zero-order valence-electron chi connectivity index (χ0n) is 22.4. The first-order valence-corrected chi connectivity index (χ1v) is 14.2. The first-order chi connectivity index (χ1) is 15.8. The molecule has 0 spiro atoms. The molecular formula is C31H50O2. The van der Waals surface area contributed by atoms with Crippen molar-refractivity contribution in [3.05, 3.63) is 23.3 Å². The number of ether oxygens (including phenoxy) is 2. The molecule has 0 N–H and O–H groups in total. The van der Waals surface area contributed by atoms with Gasteiger partial charge in [0.1, 0.15) is 0 Å². The zero-order chi connectivity index (χ0) is 23.4. The van der Waals surface area contributed by atoms with Crippen LogP contribution in [0.3, 0.4) is 0 Å². The molecule has 0 radical (unpaired) electrons. The van der Waals surface area contributed by atoms with E-state index in [9.17, 15) is 0 Å². The van der Waals surface area contributed by atoms with Crippen molar-refractivity contribution in [2.75, 3.05) is 20.8 Å². The smallest absolute Gasteiger partial charge is 0.0792 e. The Kier molecular flexibility index (Phi) is 6.67.